The SMILES string of the molecule is COC1CCN(C(=O)c2ccc(Nc3cc4c(cn3)cc(-c3cnn(C)c3)n4C(=O)O)c(Cl)c2)CC1. The van der Waals surface area contributed by atoms with Gasteiger partial charge in [0.15, 0.2) is 0 Å². The van der Waals surface area contributed by atoms with Gasteiger partial charge in [0.05, 0.1) is 34.2 Å². The number of ether oxygens (including phenoxy) is 1. The molecule has 0 unspecified atom stereocenters. The minimum atomic E-state index is -1.11. The number of hydrogen-bond donors (Lipinski definition) is 2. The predicted octanol–water partition coefficient (Wildman–Crippen LogP) is 4.61. The first-order valence-electron chi connectivity index (χ1n) is 11.5. The number of rotatable bonds is 5. The van der Waals surface area contributed by atoms with E-state index in [1.54, 1.807) is 67.8 Å². The summed E-state index contributed by atoms with van der Waals surface area (Å²) in [4.78, 5) is 31.2. The number of aromatic nitrogens is 4. The van der Waals surface area contributed by atoms with E-state index in [4.69, 9.17) is 16.3 Å². The standard InChI is InChI=1S/C25H25ClN6O4/c1-30-14-17(13-28-30)21-10-16-12-27-23(11-22(16)32(21)25(34)35)29-20-4-3-15(9-19(20)26)24(33)31-7-5-18(36-2)6-8-31/h3-4,9-14,18H,5-8H2,1-2H3,(H,27,29)(H,34,35). The molecule has 1 saturated heterocycles. The first-order chi connectivity index (χ1) is 17.3. The average Bonchev–Trinajstić information content (AvgIpc) is 3.48. The molecule has 11 heteroatoms. The molecule has 10 nitrogen and oxygen atoms in total. The van der Waals surface area contributed by atoms with E-state index in [1.807, 2.05) is 4.90 Å². The number of anilines is 2. The Bertz CT molecular complexity index is 1450. The molecule has 36 heavy (non-hydrogen) atoms. The van der Waals surface area contributed by atoms with Crippen LogP contribution in [0, 0.1) is 0 Å². The number of halogens is 1. The van der Waals surface area contributed by atoms with Gasteiger partial charge in [-0.2, -0.15) is 5.10 Å². The van der Waals surface area contributed by atoms with Gasteiger partial charge in [0.1, 0.15) is 5.82 Å². The lowest BCUT2D eigenvalue weighted by Crippen LogP contribution is -2.40. The molecular formula is C25H25ClN6O4. The van der Waals surface area contributed by atoms with Gasteiger partial charge in [0.2, 0.25) is 0 Å². The van der Waals surface area contributed by atoms with Crippen molar-refractivity contribution in [3.8, 4) is 11.3 Å². The summed E-state index contributed by atoms with van der Waals surface area (Å²) in [6.45, 7) is 1.28. The van der Waals surface area contributed by atoms with Crippen molar-refractivity contribution >= 4 is 46.0 Å². The smallest absolute Gasteiger partial charge is 0.416 e. The molecule has 4 aromatic rings. The molecule has 2 N–H and O–H groups in total. The number of likely N-dealkylation sites (tertiary alicyclic amines) is 1. The summed E-state index contributed by atoms with van der Waals surface area (Å²) in [5.74, 6) is 0.350. The first-order valence-corrected chi connectivity index (χ1v) is 11.8. The molecule has 1 aliphatic rings. The number of hydrogen-bond acceptors (Lipinski definition) is 6. The number of carbonyl (C=O) groups is 2. The van der Waals surface area contributed by atoms with Gasteiger partial charge >= 0.3 is 6.09 Å². The van der Waals surface area contributed by atoms with E-state index in [1.165, 1.54) is 4.57 Å². The first kappa shape index (κ1) is 23.8. The number of methoxy groups -OCH3 is 1. The summed E-state index contributed by atoms with van der Waals surface area (Å²) in [5.41, 5.74) is 2.71. The van der Waals surface area contributed by atoms with Crippen molar-refractivity contribution in [2.24, 2.45) is 7.05 Å². The van der Waals surface area contributed by atoms with E-state index in [9.17, 15) is 14.7 Å². The number of piperidine rings is 1. The zero-order chi connectivity index (χ0) is 25.4. The van der Waals surface area contributed by atoms with Gasteiger partial charge in [-0.1, -0.05) is 11.6 Å². The number of nitrogens with one attached hydrogen (secondary N) is 1. The molecule has 1 aromatic carbocycles. The third-order valence-corrected chi connectivity index (χ3v) is 6.73. The Morgan fingerprint density at radius 2 is 1.94 bits per heavy atom. The lowest BCUT2D eigenvalue weighted by molar-refractivity contribution is 0.0351. The lowest BCUT2D eigenvalue weighted by Gasteiger charge is -2.31. The summed E-state index contributed by atoms with van der Waals surface area (Å²) < 4.78 is 8.19. The van der Waals surface area contributed by atoms with Crippen molar-refractivity contribution in [1.82, 2.24) is 24.2 Å². The number of pyridine rings is 1. The summed E-state index contributed by atoms with van der Waals surface area (Å²) in [6, 6.07) is 8.49. The monoisotopic (exact) mass is 508 g/mol. The van der Waals surface area contributed by atoms with E-state index in [0.717, 1.165) is 12.8 Å². The molecule has 0 atom stereocenters. The molecule has 4 heterocycles. The Morgan fingerprint density at radius 3 is 2.58 bits per heavy atom. The van der Waals surface area contributed by atoms with Crippen molar-refractivity contribution in [3.63, 3.8) is 0 Å². The Labute approximate surface area is 212 Å². The lowest BCUT2D eigenvalue weighted by atomic mass is 10.1. The zero-order valence-corrected chi connectivity index (χ0v) is 20.6. The minimum Gasteiger partial charge on any atom is -0.464 e. The number of amides is 1. The number of aryl methyl sites for hydroxylation is 1. The highest BCUT2D eigenvalue weighted by atomic mass is 35.5. The average molecular weight is 509 g/mol. The Morgan fingerprint density at radius 1 is 1.17 bits per heavy atom. The van der Waals surface area contributed by atoms with Gasteiger partial charge in [-0.3, -0.25) is 9.48 Å². The normalized spacial score (nSPS) is 14.4. The number of carboxylic acid groups (broad SMARTS) is 1. The van der Waals surface area contributed by atoms with E-state index >= 15 is 0 Å². The van der Waals surface area contributed by atoms with Crippen LogP contribution in [0.2, 0.25) is 5.02 Å². The number of benzene rings is 1. The van der Waals surface area contributed by atoms with Gasteiger partial charge in [0, 0.05) is 62.2 Å². The Balaban J connectivity index is 1.39. The summed E-state index contributed by atoms with van der Waals surface area (Å²) in [5, 5.41) is 18.2. The van der Waals surface area contributed by atoms with Gasteiger partial charge in [0.25, 0.3) is 5.91 Å². The molecule has 1 aliphatic heterocycles. The van der Waals surface area contributed by atoms with Crippen molar-refractivity contribution in [2.45, 2.75) is 18.9 Å². The van der Waals surface area contributed by atoms with E-state index in [-0.39, 0.29) is 12.0 Å². The number of nitrogens with zero attached hydrogens (tertiary/aromatic N) is 5. The minimum absolute atomic E-state index is 0.0697. The van der Waals surface area contributed by atoms with Crippen LogP contribution in [0.4, 0.5) is 16.3 Å². The molecule has 186 valence electrons. The van der Waals surface area contributed by atoms with Crippen LogP contribution >= 0.6 is 11.6 Å². The fourth-order valence-corrected chi connectivity index (χ4v) is 4.73. The van der Waals surface area contributed by atoms with Gasteiger partial charge in [-0.15, -0.1) is 0 Å². The summed E-state index contributed by atoms with van der Waals surface area (Å²) >= 11 is 6.50. The van der Waals surface area contributed by atoms with Crippen molar-refractivity contribution in [3.05, 3.63) is 59.5 Å². The van der Waals surface area contributed by atoms with E-state index < -0.39 is 6.09 Å². The van der Waals surface area contributed by atoms with Crippen molar-refractivity contribution in [1.29, 1.82) is 0 Å². The highest BCUT2D eigenvalue weighted by molar-refractivity contribution is 6.33. The number of fused-ring (bicyclic) bond motifs is 1. The molecule has 1 fully saturated rings. The fraction of sp³-hybridized carbons (Fsp3) is 0.280. The third-order valence-electron chi connectivity index (χ3n) is 6.42. The molecule has 0 saturated carbocycles. The van der Waals surface area contributed by atoms with E-state index in [2.05, 4.69) is 15.4 Å². The molecular weight excluding hydrogens is 484 g/mol. The Kier molecular flexibility index (Phi) is 6.38. The van der Waals surface area contributed by atoms with Crippen molar-refractivity contribution < 1.29 is 19.4 Å². The maximum atomic E-state index is 12.9. The van der Waals surface area contributed by atoms with E-state index in [0.29, 0.717) is 57.3 Å². The van der Waals surface area contributed by atoms with Crippen molar-refractivity contribution in [2.75, 3.05) is 25.5 Å². The van der Waals surface area contributed by atoms with Crippen LogP contribution in [0.1, 0.15) is 23.2 Å². The molecule has 0 spiro atoms. The Hall–Kier alpha value is -3.89. The maximum absolute atomic E-state index is 12.9. The third kappa shape index (κ3) is 4.52. The quantitative estimate of drug-likeness (QED) is 0.404. The number of carbonyl (C=O) groups excluding carboxylic acids is 1. The molecule has 0 aliphatic carbocycles. The second-order valence-electron chi connectivity index (χ2n) is 8.73. The van der Waals surface area contributed by atoms with Crippen LogP contribution in [-0.4, -0.2) is 67.6 Å². The molecule has 0 radical (unpaired) electrons. The summed E-state index contributed by atoms with van der Waals surface area (Å²) in [6.07, 6.45) is 5.67. The highest BCUT2D eigenvalue weighted by Crippen LogP contribution is 2.31. The zero-order valence-electron chi connectivity index (χ0n) is 19.8. The molecule has 1 amide bonds. The van der Waals surface area contributed by atoms with Crippen LogP contribution in [0.15, 0.2) is 48.9 Å². The largest absolute Gasteiger partial charge is 0.464 e. The van der Waals surface area contributed by atoms with Crippen LogP contribution in [0.5, 0.6) is 0 Å². The maximum Gasteiger partial charge on any atom is 0.416 e. The fourth-order valence-electron chi connectivity index (χ4n) is 4.51. The molecule has 0 bridgehead atoms. The van der Waals surface area contributed by atoms with Crippen LogP contribution in [-0.2, 0) is 11.8 Å². The van der Waals surface area contributed by atoms with Crippen LogP contribution in [0.25, 0.3) is 22.2 Å². The predicted molar refractivity (Wildman–Crippen MR) is 136 cm³/mol. The second kappa shape index (κ2) is 9.63. The van der Waals surface area contributed by atoms with Crippen LogP contribution < -0.4 is 5.32 Å². The molecule has 3 aromatic heterocycles. The van der Waals surface area contributed by atoms with Gasteiger partial charge < -0.3 is 20.1 Å². The highest BCUT2D eigenvalue weighted by Gasteiger charge is 2.24. The second-order valence-corrected chi connectivity index (χ2v) is 9.13. The topological polar surface area (TPSA) is 115 Å². The van der Waals surface area contributed by atoms with Gasteiger partial charge in [-0.25, -0.2) is 14.3 Å². The summed E-state index contributed by atoms with van der Waals surface area (Å²) in [7, 11) is 3.46. The van der Waals surface area contributed by atoms with Crippen LogP contribution in [0.3, 0.4) is 0 Å². The van der Waals surface area contributed by atoms with Gasteiger partial charge in [-0.05, 0) is 37.1 Å². The molecule has 5 rings (SSSR count).